The summed E-state index contributed by atoms with van der Waals surface area (Å²) in [6, 6.07) is 16.1. The lowest BCUT2D eigenvalue weighted by Gasteiger charge is -2.26. The minimum absolute atomic E-state index is 0.201. The normalized spacial score (nSPS) is 15.4. The van der Waals surface area contributed by atoms with E-state index < -0.39 is 5.25 Å². The van der Waals surface area contributed by atoms with Crippen LogP contribution in [0.4, 0.5) is 10.1 Å². The van der Waals surface area contributed by atoms with Gasteiger partial charge in [0.15, 0.2) is 5.16 Å². The van der Waals surface area contributed by atoms with Crippen molar-refractivity contribution in [2.45, 2.75) is 49.7 Å². The maximum absolute atomic E-state index is 13.4. The highest BCUT2D eigenvalue weighted by Crippen LogP contribution is 2.25. The summed E-state index contributed by atoms with van der Waals surface area (Å²) in [7, 11) is 0. The van der Waals surface area contributed by atoms with Crippen molar-refractivity contribution in [2.75, 3.05) is 18.4 Å². The summed E-state index contributed by atoms with van der Waals surface area (Å²) in [6.45, 7) is 5.38. The number of amides is 1. The van der Waals surface area contributed by atoms with Crippen LogP contribution in [0.5, 0.6) is 0 Å². The molecule has 1 fully saturated rings. The first-order valence-corrected chi connectivity index (χ1v) is 11.9. The summed E-state index contributed by atoms with van der Waals surface area (Å²) in [5.41, 5.74) is 1.60. The zero-order valence-corrected chi connectivity index (χ0v) is 19.0. The number of carbonyl (C=O) groups excluding carboxylic acids is 1. The highest BCUT2D eigenvalue weighted by atomic mass is 32.2. The number of rotatable bonds is 8. The molecule has 1 unspecified atom stereocenters. The minimum atomic E-state index is -0.417. The second kappa shape index (κ2) is 10.7. The predicted molar refractivity (Wildman–Crippen MR) is 125 cm³/mol. The predicted octanol–water partition coefficient (Wildman–Crippen LogP) is 4.57. The number of carbonyl (C=O) groups is 1. The van der Waals surface area contributed by atoms with E-state index in [1.54, 1.807) is 12.1 Å². The largest absolute Gasteiger partial charge is 0.325 e. The molecule has 1 atom stereocenters. The molecule has 1 aliphatic heterocycles. The molecule has 0 bridgehead atoms. The van der Waals surface area contributed by atoms with E-state index in [4.69, 9.17) is 0 Å². The molecule has 2 heterocycles. The summed E-state index contributed by atoms with van der Waals surface area (Å²) in [4.78, 5) is 15.1. The molecule has 1 amide bonds. The van der Waals surface area contributed by atoms with Crippen LogP contribution in [0, 0.1) is 5.82 Å². The molecule has 6 nitrogen and oxygen atoms in total. The topological polar surface area (TPSA) is 63.1 Å². The van der Waals surface area contributed by atoms with E-state index >= 15 is 0 Å². The lowest BCUT2D eigenvalue weighted by Crippen LogP contribution is -2.30. The average Bonchev–Trinajstić information content (AvgIpc) is 3.16. The number of nitrogens with one attached hydrogen (secondary N) is 1. The summed E-state index contributed by atoms with van der Waals surface area (Å²) in [5, 5.41) is 12.0. The van der Waals surface area contributed by atoms with Gasteiger partial charge in [0.05, 0.1) is 18.3 Å². The van der Waals surface area contributed by atoms with Crippen molar-refractivity contribution >= 4 is 23.4 Å². The van der Waals surface area contributed by atoms with E-state index in [0.717, 1.165) is 31.0 Å². The highest BCUT2D eigenvalue weighted by Gasteiger charge is 2.22. The van der Waals surface area contributed by atoms with Crippen LogP contribution in [0.25, 0.3) is 0 Å². The van der Waals surface area contributed by atoms with Crippen LogP contribution in [-0.4, -0.2) is 43.9 Å². The van der Waals surface area contributed by atoms with Crippen molar-refractivity contribution in [3.63, 3.8) is 0 Å². The van der Waals surface area contributed by atoms with Gasteiger partial charge in [0.1, 0.15) is 11.6 Å². The third kappa shape index (κ3) is 5.95. The first-order valence-electron chi connectivity index (χ1n) is 11.0. The Labute approximate surface area is 192 Å². The summed E-state index contributed by atoms with van der Waals surface area (Å²) in [5.74, 6) is 0.330. The highest BCUT2D eigenvalue weighted by molar-refractivity contribution is 8.00. The van der Waals surface area contributed by atoms with Crippen molar-refractivity contribution in [3.05, 3.63) is 71.8 Å². The Bertz CT molecular complexity index is 1040. The van der Waals surface area contributed by atoms with Crippen molar-refractivity contribution in [3.8, 4) is 0 Å². The molecular formula is C24H28FN5OS. The smallest absolute Gasteiger partial charge is 0.237 e. The zero-order chi connectivity index (χ0) is 22.3. The molecule has 1 saturated heterocycles. The van der Waals surface area contributed by atoms with E-state index in [0.29, 0.717) is 17.4 Å². The molecule has 0 radical (unpaired) electrons. The molecule has 0 saturated carbocycles. The fourth-order valence-corrected chi connectivity index (χ4v) is 4.65. The van der Waals surface area contributed by atoms with Gasteiger partial charge in [-0.25, -0.2) is 4.39 Å². The van der Waals surface area contributed by atoms with Gasteiger partial charge >= 0.3 is 0 Å². The first-order chi connectivity index (χ1) is 15.6. The number of anilines is 1. The summed E-state index contributed by atoms with van der Waals surface area (Å²) in [6.07, 6.45) is 3.71. The number of hydrogen-bond acceptors (Lipinski definition) is 5. The van der Waals surface area contributed by atoms with Gasteiger partial charge in [0.25, 0.3) is 0 Å². The second-order valence-corrected chi connectivity index (χ2v) is 9.37. The van der Waals surface area contributed by atoms with Gasteiger partial charge in [-0.15, -0.1) is 10.2 Å². The maximum atomic E-state index is 13.4. The number of benzene rings is 2. The fourth-order valence-electron chi connectivity index (χ4n) is 3.79. The van der Waals surface area contributed by atoms with Gasteiger partial charge in [-0.1, -0.05) is 54.6 Å². The van der Waals surface area contributed by atoms with E-state index in [1.807, 2.05) is 25.1 Å². The minimum Gasteiger partial charge on any atom is -0.325 e. The van der Waals surface area contributed by atoms with Crippen LogP contribution in [0.2, 0.25) is 0 Å². The molecule has 32 heavy (non-hydrogen) atoms. The van der Waals surface area contributed by atoms with Crippen LogP contribution in [0.15, 0.2) is 59.8 Å². The Hall–Kier alpha value is -2.71. The molecule has 0 aliphatic carbocycles. The average molecular weight is 454 g/mol. The molecule has 1 aromatic heterocycles. The Morgan fingerprint density at radius 2 is 1.84 bits per heavy atom. The maximum Gasteiger partial charge on any atom is 0.237 e. The number of halogens is 1. The van der Waals surface area contributed by atoms with Crippen LogP contribution < -0.4 is 5.32 Å². The summed E-state index contributed by atoms with van der Waals surface area (Å²) >= 11 is 1.37. The Kier molecular flexibility index (Phi) is 7.55. The number of likely N-dealkylation sites (tertiary alicyclic amines) is 1. The van der Waals surface area contributed by atoms with Gasteiger partial charge in [-0.3, -0.25) is 9.69 Å². The van der Waals surface area contributed by atoms with Crippen LogP contribution >= 0.6 is 11.8 Å². The van der Waals surface area contributed by atoms with E-state index in [1.165, 1.54) is 43.2 Å². The Morgan fingerprint density at radius 1 is 1.06 bits per heavy atom. The number of nitrogens with zero attached hydrogens (tertiary/aromatic N) is 4. The zero-order valence-electron chi connectivity index (χ0n) is 18.2. The SMILES string of the molecule is CC(Sc1nnc(CN2CCCCC2)n1Cc1ccccc1)C(=O)Nc1cccc(F)c1. The molecule has 168 valence electrons. The number of aromatic nitrogens is 3. The summed E-state index contributed by atoms with van der Waals surface area (Å²) < 4.78 is 15.6. The number of thioether (sulfide) groups is 1. The van der Waals surface area contributed by atoms with Crippen molar-refractivity contribution in [1.29, 1.82) is 0 Å². The number of piperidine rings is 1. The monoisotopic (exact) mass is 453 g/mol. The van der Waals surface area contributed by atoms with Crippen molar-refractivity contribution < 1.29 is 9.18 Å². The van der Waals surface area contributed by atoms with Crippen LogP contribution in [-0.2, 0) is 17.9 Å². The Morgan fingerprint density at radius 3 is 2.59 bits per heavy atom. The molecule has 2 aromatic carbocycles. The van der Waals surface area contributed by atoms with E-state index in [2.05, 4.69) is 37.1 Å². The molecule has 8 heteroatoms. The molecular weight excluding hydrogens is 425 g/mol. The van der Waals surface area contributed by atoms with Crippen LogP contribution in [0.1, 0.15) is 37.6 Å². The third-order valence-electron chi connectivity index (χ3n) is 5.53. The quantitative estimate of drug-likeness (QED) is 0.506. The van der Waals surface area contributed by atoms with Crippen molar-refractivity contribution in [2.24, 2.45) is 0 Å². The fraction of sp³-hybridized carbons (Fsp3) is 0.375. The molecule has 0 spiro atoms. The van der Waals surface area contributed by atoms with Crippen molar-refractivity contribution in [1.82, 2.24) is 19.7 Å². The van der Waals surface area contributed by atoms with E-state index in [9.17, 15) is 9.18 Å². The molecule has 4 rings (SSSR count). The van der Waals surface area contributed by atoms with Crippen LogP contribution in [0.3, 0.4) is 0 Å². The molecule has 1 aliphatic rings. The standard InChI is InChI=1S/C24H28FN5OS/c1-18(23(31)26-21-12-8-11-20(25)15-21)32-24-28-27-22(17-29-13-6-3-7-14-29)30(24)16-19-9-4-2-5-10-19/h2,4-5,8-12,15,18H,3,6-7,13-14,16-17H2,1H3,(H,26,31). The lowest BCUT2D eigenvalue weighted by atomic mass is 10.1. The van der Waals surface area contributed by atoms with E-state index in [-0.39, 0.29) is 11.7 Å². The Balaban J connectivity index is 1.50. The van der Waals surface area contributed by atoms with Gasteiger partial charge in [-0.05, 0) is 56.6 Å². The molecule has 1 N–H and O–H groups in total. The second-order valence-electron chi connectivity index (χ2n) is 8.07. The third-order valence-corrected chi connectivity index (χ3v) is 6.61. The number of hydrogen-bond donors (Lipinski definition) is 1. The first kappa shape index (κ1) is 22.5. The van der Waals surface area contributed by atoms with Gasteiger partial charge in [-0.2, -0.15) is 0 Å². The lowest BCUT2D eigenvalue weighted by molar-refractivity contribution is -0.115. The van der Waals surface area contributed by atoms with Gasteiger partial charge in [0.2, 0.25) is 5.91 Å². The van der Waals surface area contributed by atoms with Gasteiger partial charge in [0, 0.05) is 5.69 Å². The molecule has 3 aromatic rings. The van der Waals surface area contributed by atoms with Gasteiger partial charge < -0.3 is 9.88 Å².